The van der Waals surface area contributed by atoms with Crippen LogP contribution in [0.4, 0.5) is 11.4 Å². The zero-order valence-corrected chi connectivity index (χ0v) is 22.4. The Kier molecular flexibility index (Phi) is 7.29. The molecule has 4 aromatic rings. The number of thiocarbonyl (C=S) groups is 1. The largest absolute Gasteiger partial charge is 0.495 e. The number of ether oxygens (including phenoxy) is 2. The molecule has 39 heavy (non-hydrogen) atoms. The number of nitrogens with one attached hydrogen (secondary N) is 2. The van der Waals surface area contributed by atoms with Crippen molar-refractivity contribution in [2.75, 3.05) is 24.4 Å². The molecule has 1 fully saturated rings. The fourth-order valence-corrected chi connectivity index (χ4v) is 5.23. The van der Waals surface area contributed by atoms with E-state index in [-0.39, 0.29) is 18.0 Å². The summed E-state index contributed by atoms with van der Waals surface area (Å²) >= 11 is 5.87. The summed E-state index contributed by atoms with van der Waals surface area (Å²) in [5.74, 6) is -0.123. The molecule has 1 aliphatic heterocycles. The standard InChI is InChI=1S/C29H27N5O4S/c1-18(35)31-22-17-19(13-14-25(22)37-2)34-27(26(32-29(34)39)21-10-6-7-15-30-21)24-12-8-16-33(24)23-11-5-4-9-20(23)28(36)38-3/h4-17,26-27H,1-3H3,(H,31,35)(H,32,39)/t26-,27-/m1/s1. The number of anilines is 2. The minimum Gasteiger partial charge on any atom is -0.495 e. The summed E-state index contributed by atoms with van der Waals surface area (Å²) in [6, 6.07) is 21.8. The zero-order valence-electron chi connectivity index (χ0n) is 21.6. The summed E-state index contributed by atoms with van der Waals surface area (Å²) in [5.41, 5.74) is 4.05. The fraction of sp³-hybridized carbons (Fsp3) is 0.172. The first-order chi connectivity index (χ1) is 18.9. The summed E-state index contributed by atoms with van der Waals surface area (Å²) in [6.45, 7) is 1.44. The molecule has 1 saturated heterocycles. The maximum absolute atomic E-state index is 12.6. The van der Waals surface area contributed by atoms with Crippen LogP contribution < -0.4 is 20.3 Å². The van der Waals surface area contributed by atoms with Gasteiger partial charge in [-0.3, -0.25) is 9.78 Å². The van der Waals surface area contributed by atoms with Crippen molar-refractivity contribution in [3.63, 3.8) is 0 Å². The SMILES string of the molecule is COC(=O)c1ccccc1-n1cccc1[C@@H]1[C@@H](c2ccccn2)NC(=S)N1c1ccc(OC)c(NC(C)=O)c1. The second kappa shape index (κ2) is 11.0. The highest BCUT2D eigenvalue weighted by molar-refractivity contribution is 7.80. The predicted molar refractivity (Wildman–Crippen MR) is 152 cm³/mol. The molecule has 2 atom stereocenters. The van der Waals surface area contributed by atoms with Gasteiger partial charge >= 0.3 is 5.97 Å². The van der Waals surface area contributed by atoms with Crippen LogP contribution in [0.5, 0.6) is 5.75 Å². The predicted octanol–water partition coefficient (Wildman–Crippen LogP) is 4.80. The molecule has 0 unspecified atom stereocenters. The number of hydrogen-bond donors (Lipinski definition) is 2. The third-order valence-corrected chi connectivity index (χ3v) is 6.84. The molecular weight excluding hydrogens is 514 g/mol. The van der Waals surface area contributed by atoms with Gasteiger partial charge in [0.05, 0.1) is 42.9 Å². The summed E-state index contributed by atoms with van der Waals surface area (Å²) < 4.78 is 12.5. The molecule has 0 saturated carbocycles. The second-order valence-corrected chi connectivity index (χ2v) is 9.26. The quantitative estimate of drug-likeness (QED) is 0.254. The number of benzene rings is 2. The van der Waals surface area contributed by atoms with E-state index < -0.39 is 5.97 Å². The number of aromatic nitrogens is 2. The van der Waals surface area contributed by atoms with Crippen LogP contribution in [0.15, 0.2) is 85.2 Å². The van der Waals surface area contributed by atoms with Gasteiger partial charge in [0.25, 0.3) is 0 Å². The van der Waals surface area contributed by atoms with Gasteiger partial charge in [0.15, 0.2) is 5.11 Å². The van der Waals surface area contributed by atoms with Crippen molar-refractivity contribution in [1.29, 1.82) is 0 Å². The summed E-state index contributed by atoms with van der Waals surface area (Å²) in [7, 11) is 2.91. The Labute approximate surface area is 231 Å². The zero-order chi connectivity index (χ0) is 27.5. The molecule has 0 spiro atoms. The van der Waals surface area contributed by atoms with Crippen molar-refractivity contribution in [2.24, 2.45) is 0 Å². The van der Waals surface area contributed by atoms with Gasteiger partial charge in [-0.1, -0.05) is 18.2 Å². The number of esters is 1. The molecule has 198 valence electrons. The molecule has 9 nitrogen and oxygen atoms in total. The third kappa shape index (κ3) is 4.94. The third-order valence-electron chi connectivity index (χ3n) is 6.52. The van der Waals surface area contributed by atoms with Gasteiger partial charge in [-0.2, -0.15) is 0 Å². The molecule has 3 heterocycles. The van der Waals surface area contributed by atoms with Crippen molar-refractivity contribution in [2.45, 2.75) is 19.0 Å². The van der Waals surface area contributed by atoms with E-state index in [1.165, 1.54) is 14.0 Å². The number of carbonyl (C=O) groups is 2. The highest BCUT2D eigenvalue weighted by atomic mass is 32.1. The minimum atomic E-state index is -0.432. The number of rotatable bonds is 7. The lowest BCUT2D eigenvalue weighted by Crippen LogP contribution is -2.30. The molecular formula is C29H27N5O4S. The highest BCUT2D eigenvalue weighted by Crippen LogP contribution is 2.44. The summed E-state index contributed by atoms with van der Waals surface area (Å²) in [4.78, 5) is 31.2. The number of hydrogen-bond acceptors (Lipinski definition) is 6. The number of nitrogens with zero attached hydrogens (tertiary/aromatic N) is 3. The normalized spacial score (nSPS) is 16.5. The Morgan fingerprint density at radius 3 is 2.54 bits per heavy atom. The highest BCUT2D eigenvalue weighted by Gasteiger charge is 2.42. The number of para-hydroxylation sites is 1. The molecule has 1 amide bonds. The van der Waals surface area contributed by atoms with Crippen molar-refractivity contribution >= 4 is 40.6 Å². The number of pyridine rings is 1. The van der Waals surface area contributed by atoms with Crippen LogP contribution in [0.1, 0.15) is 40.8 Å². The van der Waals surface area contributed by atoms with E-state index in [0.717, 1.165) is 17.1 Å². The Morgan fingerprint density at radius 1 is 1.03 bits per heavy atom. The van der Waals surface area contributed by atoms with E-state index in [9.17, 15) is 9.59 Å². The average molecular weight is 542 g/mol. The van der Waals surface area contributed by atoms with Crippen molar-refractivity contribution in [3.8, 4) is 11.4 Å². The van der Waals surface area contributed by atoms with Crippen molar-refractivity contribution < 1.29 is 19.1 Å². The molecule has 10 heteroatoms. The maximum Gasteiger partial charge on any atom is 0.339 e. The Bertz CT molecular complexity index is 1540. The van der Waals surface area contributed by atoms with E-state index in [1.807, 2.05) is 70.3 Å². The lowest BCUT2D eigenvalue weighted by atomic mass is 10.00. The molecule has 1 aliphatic rings. The van der Waals surface area contributed by atoms with Gasteiger partial charge in [0, 0.05) is 30.7 Å². The first-order valence-corrected chi connectivity index (χ1v) is 12.6. The van der Waals surface area contributed by atoms with E-state index in [1.54, 1.807) is 31.5 Å². The van der Waals surface area contributed by atoms with Crippen LogP contribution in [0, 0.1) is 0 Å². The van der Waals surface area contributed by atoms with E-state index in [4.69, 9.17) is 21.7 Å². The number of carbonyl (C=O) groups excluding carboxylic acids is 2. The van der Waals surface area contributed by atoms with Gasteiger partial charge in [0.1, 0.15) is 11.8 Å². The second-order valence-electron chi connectivity index (χ2n) is 8.87. The molecule has 0 radical (unpaired) electrons. The first kappa shape index (κ1) is 25.9. The summed E-state index contributed by atoms with van der Waals surface area (Å²) in [5, 5.41) is 6.77. The van der Waals surface area contributed by atoms with Gasteiger partial charge in [-0.25, -0.2) is 4.79 Å². The van der Waals surface area contributed by atoms with E-state index in [0.29, 0.717) is 27.8 Å². The topological polar surface area (TPSA) is 97.7 Å². The molecule has 2 N–H and O–H groups in total. The lowest BCUT2D eigenvalue weighted by molar-refractivity contribution is -0.114. The van der Waals surface area contributed by atoms with Gasteiger partial charge in [0.2, 0.25) is 5.91 Å². The smallest absolute Gasteiger partial charge is 0.339 e. The van der Waals surface area contributed by atoms with Gasteiger partial charge in [-0.05, 0) is 66.8 Å². The molecule has 2 aromatic carbocycles. The van der Waals surface area contributed by atoms with E-state index >= 15 is 0 Å². The summed E-state index contributed by atoms with van der Waals surface area (Å²) in [6.07, 6.45) is 3.65. The van der Waals surface area contributed by atoms with Crippen LogP contribution in [0.25, 0.3) is 5.69 Å². The maximum atomic E-state index is 12.6. The lowest BCUT2D eigenvalue weighted by Gasteiger charge is -2.29. The van der Waals surface area contributed by atoms with Crippen molar-refractivity contribution in [1.82, 2.24) is 14.9 Å². The Hall–Kier alpha value is -4.70. The van der Waals surface area contributed by atoms with Gasteiger partial charge < -0.3 is 29.6 Å². The van der Waals surface area contributed by atoms with Crippen LogP contribution in [-0.4, -0.2) is 40.8 Å². The molecule has 5 rings (SSSR count). The Morgan fingerprint density at radius 2 is 1.82 bits per heavy atom. The van der Waals surface area contributed by atoms with Crippen LogP contribution in [0.3, 0.4) is 0 Å². The van der Waals surface area contributed by atoms with Crippen LogP contribution >= 0.6 is 12.2 Å². The number of methoxy groups -OCH3 is 2. The van der Waals surface area contributed by atoms with Crippen LogP contribution in [0.2, 0.25) is 0 Å². The minimum absolute atomic E-state index is 0.219. The molecule has 0 aliphatic carbocycles. The number of amides is 1. The van der Waals surface area contributed by atoms with Crippen LogP contribution in [-0.2, 0) is 9.53 Å². The fourth-order valence-electron chi connectivity index (χ4n) is 4.89. The van der Waals surface area contributed by atoms with E-state index in [2.05, 4.69) is 15.6 Å². The van der Waals surface area contributed by atoms with Crippen molar-refractivity contribution in [3.05, 3.63) is 102 Å². The average Bonchev–Trinajstić information content (AvgIpc) is 3.57. The van der Waals surface area contributed by atoms with Gasteiger partial charge in [-0.15, -0.1) is 0 Å². The molecule has 2 aromatic heterocycles. The molecule has 0 bridgehead atoms. The Balaban J connectivity index is 1.69. The monoisotopic (exact) mass is 541 g/mol. The first-order valence-electron chi connectivity index (χ1n) is 12.2.